The van der Waals surface area contributed by atoms with E-state index in [-0.39, 0.29) is 36.8 Å². The Kier molecular flexibility index (Phi) is 14.2. The summed E-state index contributed by atoms with van der Waals surface area (Å²) >= 11 is 1.51. The molecule has 0 spiro atoms. The fourth-order valence-electron chi connectivity index (χ4n) is 3.62. The zero-order valence-electron chi connectivity index (χ0n) is 22.2. The van der Waals surface area contributed by atoms with Crippen molar-refractivity contribution in [2.75, 3.05) is 12.0 Å². The Labute approximate surface area is 223 Å². The Bertz CT molecular complexity index is 893. The van der Waals surface area contributed by atoms with E-state index in [1.54, 1.807) is 26.0 Å². The number of hydrogen-bond acceptors (Lipinski definition) is 7. The van der Waals surface area contributed by atoms with Crippen LogP contribution in [0.3, 0.4) is 0 Å². The molecule has 0 unspecified atom stereocenters. The van der Waals surface area contributed by atoms with Gasteiger partial charge in [-0.05, 0) is 54.4 Å². The summed E-state index contributed by atoms with van der Waals surface area (Å²) in [5.41, 5.74) is 0.844. The van der Waals surface area contributed by atoms with Crippen LogP contribution in [-0.2, 0) is 20.9 Å². The van der Waals surface area contributed by atoms with Crippen molar-refractivity contribution < 1.29 is 34.5 Å². The first-order valence-electron chi connectivity index (χ1n) is 12.4. The third kappa shape index (κ3) is 12.0. The van der Waals surface area contributed by atoms with Gasteiger partial charge in [0.15, 0.2) is 0 Å². The number of hydrogen-bond donors (Lipinski definition) is 6. The van der Waals surface area contributed by atoms with Crippen molar-refractivity contribution in [3.05, 3.63) is 35.4 Å². The molecule has 0 fully saturated rings. The summed E-state index contributed by atoms with van der Waals surface area (Å²) in [5.74, 6) is -2.10. The van der Waals surface area contributed by atoms with Crippen molar-refractivity contribution >= 4 is 35.5 Å². The number of aliphatic hydroxyl groups excluding tert-OH is 2. The van der Waals surface area contributed by atoms with Crippen LogP contribution in [0.4, 0.5) is 0 Å². The second-order valence-electron chi connectivity index (χ2n) is 9.82. The van der Waals surface area contributed by atoms with Crippen LogP contribution >= 0.6 is 11.8 Å². The van der Waals surface area contributed by atoms with Crippen LogP contribution in [0.25, 0.3) is 0 Å². The average Bonchev–Trinajstić information content (AvgIpc) is 2.83. The number of carbonyl (C=O) groups is 4. The maximum Gasteiger partial charge on any atom is 0.335 e. The number of aliphatic hydroxyl groups is 2. The van der Waals surface area contributed by atoms with Crippen molar-refractivity contribution in [2.45, 2.75) is 77.8 Å². The molecule has 0 aliphatic rings. The number of carbonyl (C=O) groups excluding carboxylic acids is 3. The van der Waals surface area contributed by atoms with Crippen molar-refractivity contribution in [3.8, 4) is 0 Å². The molecule has 0 aliphatic carbocycles. The van der Waals surface area contributed by atoms with E-state index in [2.05, 4.69) is 16.0 Å². The molecular weight excluding hydrogens is 498 g/mol. The molecule has 0 radical (unpaired) electrons. The van der Waals surface area contributed by atoms with Crippen LogP contribution in [0, 0.1) is 11.8 Å². The lowest BCUT2D eigenvalue weighted by atomic mass is 9.96. The van der Waals surface area contributed by atoms with Crippen LogP contribution in [0.2, 0.25) is 0 Å². The lowest BCUT2D eigenvalue weighted by Crippen LogP contribution is -2.52. The van der Waals surface area contributed by atoms with E-state index in [0.717, 1.165) is 0 Å². The van der Waals surface area contributed by atoms with E-state index < -0.39 is 48.0 Å². The van der Waals surface area contributed by atoms with Crippen LogP contribution in [-0.4, -0.2) is 75.3 Å². The minimum atomic E-state index is -1.21. The van der Waals surface area contributed by atoms with Gasteiger partial charge in [-0.25, -0.2) is 4.79 Å². The van der Waals surface area contributed by atoms with Crippen molar-refractivity contribution in [3.63, 3.8) is 0 Å². The second-order valence-corrected chi connectivity index (χ2v) is 10.8. The van der Waals surface area contributed by atoms with Crippen LogP contribution in [0.1, 0.15) is 62.9 Å². The van der Waals surface area contributed by atoms with E-state index in [1.807, 2.05) is 20.1 Å². The molecule has 4 atom stereocenters. The fourth-order valence-corrected chi connectivity index (χ4v) is 4.08. The van der Waals surface area contributed by atoms with Crippen LogP contribution < -0.4 is 16.0 Å². The van der Waals surface area contributed by atoms with Gasteiger partial charge in [0, 0.05) is 6.54 Å². The third-order valence-electron chi connectivity index (χ3n) is 5.74. The van der Waals surface area contributed by atoms with Crippen molar-refractivity contribution in [1.82, 2.24) is 16.0 Å². The van der Waals surface area contributed by atoms with Gasteiger partial charge in [-0.3, -0.25) is 14.4 Å². The number of benzene rings is 1. The SMILES string of the molecule is CSCC[C@@H](O)C(=O)N[C@@H](CC(C)C)[C@@H](O)CC(=O)N[C@H](C(=O)NCc1ccc(C(=O)O)cc1)C(C)C. The van der Waals surface area contributed by atoms with Crippen LogP contribution in [0.5, 0.6) is 0 Å². The topological polar surface area (TPSA) is 165 Å². The van der Waals surface area contributed by atoms with Gasteiger partial charge in [-0.2, -0.15) is 11.8 Å². The smallest absolute Gasteiger partial charge is 0.335 e. The first kappa shape index (κ1) is 32.4. The molecule has 0 aliphatic heterocycles. The maximum absolute atomic E-state index is 12.8. The van der Waals surface area contributed by atoms with Gasteiger partial charge >= 0.3 is 5.97 Å². The standard InChI is InChI=1S/C26H41N3O7S/c1-15(2)12-19(28-24(33)20(30)10-11-37-5)21(31)13-22(32)29-23(16(3)4)25(34)27-14-17-6-8-18(9-7-17)26(35)36/h6-9,15-16,19-21,23,30-31H,10-14H2,1-5H3,(H,27,34)(H,28,33)(H,29,32)(H,35,36)/t19-,20+,21-,23-/m0/s1. The zero-order valence-corrected chi connectivity index (χ0v) is 23.0. The number of carboxylic acid groups (broad SMARTS) is 1. The normalized spacial score (nSPS) is 14.5. The highest BCUT2D eigenvalue weighted by molar-refractivity contribution is 7.98. The summed E-state index contributed by atoms with van der Waals surface area (Å²) in [4.78, 5) is 48.8. The summed E-state index contributed by atoms with van der Waals surface area (Å²) in [6, 6.07) is 4.50. The fraction of sp³-hybridized carbons (Fsp3) is 0.615. The van der Waals surface area contributed by atoms with Gasteiger partial charge in [-0.15, -0.1) is 0 Å². The predicted molar refractivity (Wildman–Crippen MR) is 143 cm³/mol. The predicted octanol–water partition coefficient (Wildman–Crippen LogP) is 1.54. The van der Waals surface area contributed by atoms with E-state index in [9.17, 15) is 29.4 Å². The number of nitrogens with one attached hydrogen (secondary N) is 3. The molecule has 6 N–H and O–H groups in total. The molecule has 0 saturated heterocycles. The molecule has 0 bridgehead atoms. The third-order valence-corrected chi connectivity index (χ3v) is 6.39. The Morgan fingerprint density at radius 3 is 2.08 bits per heavy atom. The molecule has 0 aromatic heterocycles. The maximum atomic E-state index is 12.8. The summed E-state index contributed by atoms with van der Waals surface area (Å²) in [5, 5.41) is 37.8. The average molecular weight is 540 g/mol. The Morgan fingerprint density at radius 2 is 1.57 bits per heavy atom. The Balaban J connectivity index is 2.74. The minimum absolute atomic E-state index is 0.116. The monoisotopic (exact) mass is 539 g/mol. The molecular formula is C26H41N3O7S. The first-order valence-corrected chi connectivity index (χ1v) is 13.8. The van der Waals surface area contributed by atoms with Gasteiger partial charge in [0.2, 0.25) is 17.7 Å². The molecule has 0 heterocycles. The van der Waals surface area contributed by atoms with Gasteiger partial charge in [0.25, 0.3) is 0 Å². The number of thioether (sulfide) groups is 1. The van der Waals surface area contributed by atoms with Gasteiger partial charge in [0.05, 0.1) is 24.1 Å². The molecule has 208 valence electrons. The summed E-state index contributed by atoms with van der Waals surface area (Å²) < 4.78 is 0. The molecule has 0 saturated carbocycles. The van der Waals surface area contributed by atoms with E-state index in [0.29, 0.717) is 17.7 Å². The molecule has 37 heavy (non-hydrogen) atoms. The lowest BCUT2D eigenvalue weighted by molar-refractivity contribution is -0.133. The van der Waals surface area contributed by atoms with Crippen LogP contribution in [0.15, 0.2) is 24.3 Å². The highest BCUT2D eigenvalue weighted by Gasteiger charge is 2.29. The van der Waals surface area contributed by atoms with E-state index >= 15 is 0 Å². The summed E-state index contributed by atoms with van der Waals surface area (Å²) in [7, 11) is 0. The first-order chi connectivity index (χ1) is 17.3. The summed E-state index contributed by atoms with van der Waals surface area (Å²) in [6.45, 7) is 7.55. The molecule has 11 heteroatoms. The lowest BCUT2D eigenvalue weighted by Gasteiger charge is -2.28. The molecule has 1 rings (SSSR count). The van der Waals surface area contributed by atoms with E-state index in [4.69, 9.17) is 5.11 Å². The molecule has 1 aromatic carbocycles. The minimum Gasteiger partial charge on any atom is -0.478 e. The quantitative estimate of drug-likeness (QED) is 0.184. The van der Waals surface area contributed by atoms with Gasteiger partial charge < -0.3 is 31.3 Å². The van der Waals surface area contributed by atoms with Gasteiger partial charge in [0.1, 0.15) is 12.1 Å². The Morgan fingerprint density at radius 1 is 0.946 bits per heavy atom. The molecule has 10 nitrogen and oxygen atoms in total. The number of rotatable bonds is 16. The largest absolute Gasteiger partial charge is 0.478 e. The number of amides is 3. The molecule has 3 amide bonds. The molecule has 1 aromatic rings. The van der Waals surface area contributed by atoms with Crippen molar-refractivity contribution in [2.24, 2.45) is 11.8 Å². The van der Waals surface area contributed by atoms with E-state index in [1.165, 1.54) is 23.9 Å². The van der Waals surface area contributed by atoms with Gasteiger partial charge in [-0.1, -0.05) is 39.8 Å². The number of aromatic carboxylic acids is 1. The second kappa shape index (κ2) is 16.3. The number of carboxylic acids is 1. The Hall–Kier alpha value is -2.63. The summed E-state index contributed by atoms with van der Waals surface area (Å²) in [6.07, 6.45) is -0.166. The highest BCUT2D eigenvalue weighted by atomic mass is 32.2. The zero-order chi connectivity index (χ0) is 28.1. The van der Waals surface area contributed by atoms with Crippen molar-refractivity contribution in [1.29, 1.82) is 0 Å². The highest BCUT2D eigenvalue weighted by Crippen LogP contribution is 2.13.